The molecule has 21 heavy (non-hydrogen) atoms. The van der Waals surface area contributed by atoms with Gasteiger partial charge in [-0.1, -0.05) is 12.1 Å². The van der Waals surface area contributed by atoms with Crippen molar-refractivity contribution >= 4 is 11.6 Å². The lowest BCUT2D eigenvalue weighted by Crippen LogP contribution is -2.53. The minimum absolute atomic E-state index is 0.173. The highest BCUT2D eigenvalue weighted by Gasteiger charge is 2.36. The third-order valence-electron chi connectivity index (χ3n) is 5.06. The number of anilines is 1. The number of hydrogen-bond donors (Lipinski definition) is 1. The Kier molecular flexibility index (Phi) is 4.15. The van der Waals surface area contributed by atoms with Crippen LogP contribution >= 0.6 is 0 Å². The number of para-hydroxylation sites is 1. The highest BCUT2D eigenvalue weighted by atomic mass is 16.2. The fraction of sp³-hybridized carbons (Fsp3) is 0.588. The van der Waals surface area contributed by atoms with Gasteiger partial charge in [0.1, 0.15) is 0 Å². The van der Waals surface area contributed by atoms with Gasteiger partial charge in [0.2, 0.25) is 0 Å². The van der Waals surface area contributed by atoms with E-state index >= 15 is 0 Å². The van der Waals surface area contributed by atoms with Crippen molar-refractivity contribution in [2.24, 2.45) is 5.92 Å². The molecule has 1 N–H and O–H groups in total. The van der Waals surface area contributed by atoms with Crippen molar-refractivity contribution in [3.63, 3.8) is 0 Å². The summed E-state index contributed by atoms with van der Waals surface area (Å²) >= 11 is 0. The second-order valence-corrected chi connectivity index (χ2v) is 6.29. The Morgan fingerprint density at radius 1 is 1.24 bits per heavy atom. The molecule has 0 spiro atoms. The van der Waals surface area contributed by atoms with Crippen LogP contribution in [0.5, 0.6) is 0 Å². The topological polar surface area (TPSA) is 35.6 Å². The van der Waals surface area contributed by atoms with Gasteiger partial charge in [-0.05, 0) is 50.9 Å². The normalized spacial score (nSPS) is 26.3. The van der Waals surface area contributed by atoms with Gasteiger partial charge in [-0.2, -0.15) is 0 Å². The summed E-state index contributed by atoms with van der Waals surface area (Å²) in [5, 5.41) is 3.12. The van der Waals surface area contributed by atoms with E-state index in [1.165, 1.54) is 19.4 Å². The summed E-state index contributed by atoms with van der Waals surface area (Å²) in [6.07, 6.45) is 3.62. The summed E-state index contributed by atoms with van der Waals surface area (Å²) in [5.41, 5.74) is 1.72. The maximum Gasteiger partial charge on any atom is 0.255 e. The molecule has 0 aromatic heterocycles. The zero-order valence-corrected chi connectivity index (χ0v) is 13.0. The molecule has 4 heteroatoms. The quantitative estimate of drug-likeness (QED) is 0.906. The van der Waals surface area contributed by atoms with Crippen LogP contribution in [0.2, 0.25) is 0 Å². The Bertz CT molecular complexity index is 517. The second kappa shape index (κ2) is 6.06. The number of piperidine rings is 2. The fourth-order valence-corrected chi connectivity index (χ4v) is 3.89. The van der Waals surface area contributed by atoms with Gasteiger partial charge in [0.05, 0.1) is 5.56 Å². The van der Waals surface area contributed by atoms with E-state index in [0.29, 0.717) is 12.0 Å². The molecular formula is C17H25N3O. The first-order valence-electron chi connectivity index (χ1n) is 7.97. The lowest BCUT2D eigenvalue weighted by Gasteiger charge is -2.46. The summed E-state index contributed by atoms with van der Waals surface area (Å²) < 4.78 is 0. The lowest BCUT2D eigenvalue weighted by molar-refractivity contribution is 0.0317. The van der Waals surface area contributed by atoms with E-state index in [-0.39, 0.29) is 5.91 Å². The van der Waals surface area contributed by atoms with Crippen LogP contribution in [-0.4, -0.2) is 55.5 Å². The van der Waals surface area contributed by atoms with Gasteiger partial charge in [-0.25, -0.2) is 0 Å². The van der Waals surface area contributed by atoms with E-state index in [0.717, 1.165) is 30.8 Å². The zero-order valence-electron chi connectivity index (χ0n) is 13.0. The number of carbonyl (C=O) groups excluding carboxylic acids is 1. The van der Waals surface area contributed by atoms with E-state index in [2.05, 4.69) is 22.2 Å². The first kappa shape index (κ1) is 14.4. The van der Waals surface area contributed by atoms with Gasteiger partial charge in [0, 0.05) is 31.9 Å². The summed E-state index contributed by atoms with van der Waals surface area (Å²) in [7, 11) is 4.10. The number of amides is 1. The van der Waals surface area contributed by atoms with Crippen LogP contribution in [0.3, 0.4) is 0 Å². The summed E-state index contributed by atoms with van der Waals surface area (Å²) in [5.74, 6) is 0.815. The van der Waals surface area contributed by atoms with Crippen molar-refractivity contribution in [1.82, 2.24) is 9.80 Å². The average molecular weight is 287 g/mol. The monoisotopic (exact) mass is 287 g/mol. The molecule has 114 valence electrons. The van der Waals surface area contributed by atoms with Crippen LogP contribution in [0.4, 0.5) is 5.69 Å². The molecule has 0 bridgehead atoms. The van der Waals surface area contributed by atoms with E-state index < -0.39 is 0 Å². The Morgan fingerprint density at radius 3 is 2.86 bits per heavy atom. The largest absolute Gasteiger partial charge is 0.387 e. The molecule has 3 rings (SSSR count). The Labute approximate surface area is 127 Å². The number of benzene rings is 1. The van der Waals surface area contributed by atoms with Crippen molar-refractivity contribution in [3.05, 3.63) is 29.8 Å². The minimum Gasteiger partial charge on any atom is -0.387 e. The number of likely N-dealkylation sites (tertiary alicyclic amines) is 2. The van der Waals surface area contributed by atoms with Crippen LogP contribution < -0.4 is 5.32 Å². The Hall–Kier alpha value is -1.55. The van der Waals surface area contributed by atoms with Crippen molar-refractivity contribution in [3.8, 4) is 0 Å². The van der Waals surface area contributed by atoms with Crippen LogP contribution in [0, 0.1) is 5.92 Å². The summed E-state index contributed by atoms with van der Waals surface area (Å²) in [6.45, 7) is 2.99. The molecule has 4 nitrogen and oxygen atoms in total. The van der Waals surface area contributed by atoms with Crippen molar-refractivity contribution in [1.29, 1.82) is 0 Å². The molecule has 2 heterocycles. The predicted octanol–water partition coefficient (Wildman–Crippen LogP) is 2.28. The molecule has 1 amide bonds. The van der Waals surface area contributed by atoms with Gasteiger partial charge in [0.15, 0.2) is 0 Å². The molecule has 0 aliphatic carbocycles. The van der Waals surface area contributed by atoms with Gasteiger partial charge in [-0.3, -0.25) is 4.79 Å². The third kappa shape index (κ3) is 2.77. The fourth-order valence-electron chi connectivity index (χ4n) is 3.89. The maximum absolute atomic E-state index is 12.8. The van der Waals surface area contributed by atoms with Crippen LogP contribution in [0.15, 0.2) is 24.3 Å². The first-order valence-corrected chi connectivity index (χ1v) is 7.97. The molecule has 2 atom stereocenters. The number of nitrogens with one attached hydrogen (secondary N) is 1. The number of fused-ring (bicyclic) bond motifs is 1. The highest BCUT2D eigenvalue weighted by Crippen LogP contribution is 2.30. The molecule has 2 saturated heterocycles. The van der Waals surface area contributed by atoms with Crippen LogP contribution in [0.1, 0.15) is 29.6 Å². The van der Waals surface area contributed by atoms with Crippen molar-refractivity contribution in [2.45, 2.75) is 25.3 Å². The second-order valence-electron chi connectivity index (χ2n) is 6.29. The maximum atomic E-state index is 12.8. The number of rotatable bonds is 2. The molecule has 2 aliphatic rings. The first-order chi connectivity index (χ1) is 10.2. The molecule has 2 aliphatic heterocycles. The summed E-state index contributed by atoms with van der Waals surface area (Å²) in [4.78, 5) is 17.3. The Morgan fingerprint density at radius 2 is 2.05 bits per heavy atom. The molecule has 0 saturated carbocycles. The van der Waals surface area contributed by atoms with Gasteiger partial charge >= 0.3 is 0 Å². The highest BCUT2D eigenvalue weighted by molar-refractivity contribution is 5.99. The molecule has 1 aromatic carbocycles. The molecule has 2 unspecified atom stereocenters. The van der Waals surface area contributed by atoms with E-state index in [9.17, 15) is 4.79 Å². The van der Waals surface area contributed by atoms with Gasteiger partial charge in [-0.15, -0.1) is 0 Å². The van der Waals surface area contributed by atoms with E-state index in [1.807, 2.05) is 31.3 Å². The Balaban J connectivity index is 1.74. The standard InChI is InChI=1S/C17H25N3O/c1-18-15-8-4-3-7-14(15)17(21)20-11-9-16-13(12-20)6-5-10-19(16)2/h3-4,7-8,13,16,18H,5-6,9-12H2,1-2H3. The summed E-state index contributed by atoms with van der Waals surface area (Å²) in [6, 6.07) is 8.46. The molecule has 2 fully saturated rings. The molecule has 0 radical (unpaired) electrons. The smallest absolute Gasteiger partial charge is 0.255 e. The average Bonchev–Trinajstić information content (AvgIpc) is 2.54. The van der Waals surface area contributed by atoms with Crippen LogP contribution in [0.25, 0.3) is 0 Å². The zero-order chi connectivity index (χ0) is 14.8. The van der Waals surface area contributed by atoms with Gasteiger partial charge in [0.25, 0.3) is 5.91 Å². The third-order valence-corrected chi connectivity index (χ3v) is 5.06. The molecular weight excluding hydrogens is 262 g/mol. The minimum atomic E-state index is 0.173. The number of hydrogen-bond acceptors (Lipinski definition) is 3. The van der Waals surface area contributed by atoms with Crippen LogP contribution in [-0.2, 0) is 0 Å². The van der Waals surface area contributed by atoms with Crippen molar-refractivity contribution in [2.75, 3.05) is 39.0 Å². The van der Waals surface area contributed by atoms with E-state index in [4.69, 9.17) is 0 Å². The van der Waals surface area contributed by atoms with Gasteiger partial charge < -0.3 is 15.1 Å². The van der Waals surface area contributed by atoms with Crippen molar-refractivity contribution < 1.29 is 4.79 Å². The number of carbonyl (C=O) groups is 1. The van der Waals surface area contributed by atoms with E-state index in [1.54, 1.807) is 0 Å². The molecule has 1 aromatic rings. The predicted molar refractivity (Wildman–Crippen MR) is 85.7 cm³/mol. The lowest BCUT2D eigenvalue weighted by atomic mass is 9.84. The SMILES string of the molecule is CNc1ccccc1C(=O)N1CCC2C(CCCN2C)C1. The number of nitrogens with zero attached hydrogens (tertiary/aromatic N) is 2.